The molecule has 0 fully saturated rings. The highest BCUT2D eigenvalue weighted by atomic mass is 16.5. The van der Waals surface area contributed by atoms with E-state index in [4.69, 9.17) is 18.9 Å². The van der Waals surface area contributed by atoms with Gasteiger partial charge < -0.3 is 34.3 Å². The van der Waals surface area contributed by atoms with Gasteiger partial charge in [-0.1, -0.05) is 30.0 Å². The van der Waals surface area contributed by atoms with Gasteiger partial charge in [0.25, 0.3) is 0 Å². The minimum Gasteiger partial charge on any atom is -0.508 e. The lowest BCUT2D eigenvalue weighted by Gasteiger charge is -2.18. The second-order valence-corrected chi connectivity index (χ2v) is 6.69. The molecule has 0 bridgehead atoms. The Morgan fingerprint density at radius 2 is 1.44 bits per heavy atom. The first-order chi connectivity index (χ1) is 15.5. The van der Waals surface area contributed by atoms with Crippen molar-refractivity contribution in [3.63, 3.8) is 0 Å². The number of hydrogen-bond donors (Lipinski definition) is 3. The van der Waals surface area contributed by atoms with Crippen molar-refractivity contribution in [2.45, 2.75) is 0 Å². The molecule has 3 rings (SSSR count). The molecule has 166 valence electrons. The second kappa shape index (κ2) is 10.3. The van der Waals surface area contributed by atoms with Crippen LogP contribution in [0.25, 0.3) is 22.3 Å². The summed E-state index contributed by atoms with van der Waals surface area (Å²) < 4.78 is 21.3. The van der Waals surface area contributed by atoms with Crippen molar-refractivity contribution in [2.24, 2.45) is 0 Å². The van der Waals surface area contributed by atoms with E-state index in [0.717, 1.165) is 5.56 Å². The van der Waals surface area contributed by atoms with Crippen molar-refractivity contribution in [1.82, 2.24) is 0 Å². The maximum Gasteiger partial charge on any atom is 0.170 e. The van der Waals surface area contributed by atoms with Crippen molar-refractivity contribution < 1.29 is 34.3 Å². The van der Waals surface area contributed by atoms with Gasteiger partial charge in [0.05, 0.1) is 19.8 Å². The summed E-state index contributed by atoms with van der Waals surface area (Å²) in [5.41, 5.74) is 2.17. The molecule has 0 saturated heterocycles. The zero-order valence-corrected chi connectivity index (χ0v) is 18.0. The van der Waals surface area contributed by atoms with Crippen molar-refractivity contribution in [3.8, 4) is 68.6 Å². The van der Waals surface area contributed by atoms with Gasteiger partial charge in [-0.3, -0.25) is 0 Å². The molecule has 0 radical (unpaired) electrons. The number of benzene rings is 3. The zero-order chi connectivity index (χ0) is 23.1. The third-order valence-electron chi connectivity index (χ3n) is 4.71. The average molecular weight is 436 g/mol. The monoisotopic (exact) mass is 436 g/mol. The number of phenolic OH excluding ortho intramolecular Hbond substituents is 3. The molecule has 0 atom stereocenters. The van der Waals surface area contributed by atoms with Gasteiger partial charge in [0.15, 0.2) is 23.0 Å². The molecular formula is C25H24O7. The molecule has 0 heterocycles. The fourth-order valence-electron chi connectivity index (χ4n) is 3.21. The maximum atomic E-state index is 11.0. The lowest BCUT2D eigenvalue weighted by molar-refractivity contribution is 0.239. The van der Waals surface area contributed by atoms with Crippen LogP contribution in [0.15, 0.2) is 48.5 Å². The summed E-state index contributed by atoms with van der Waals surface area (Å²) in [6, 6.07) is 13.0. The van der Waals surface area contributed by atoms with Crippen LogP contribution in [-0.4, -0.2) is 49.9 Å². The highest BCUT2D eigenvalue weighted by molar-refractivity contribution is 5.88. The Hall–Kier alpha value is -4.02. The Morgan fingerprint density at radius 1 is 0.750 bits per heavy atom. The fraction of sp³-hybridized carbons (Fsp3) is 0.200. The van der Waals surface area contributed by atoms with Gasteiger partial charge >= 0.3 is 0 Å². The summed E-state index contributed by atoms with van der Waals surface area (Å²) in [6.07, 6.45) is 0. The van der Waals surface area contributed by atoms with Crippen LogP contribution >= 0.6 is 0 Å². The van der Waals surface area contributed by atoms with Crippen LogP contribution in [0.4, 0.5) is 0 Å². The molecule has 0 unspecified atom stereocenters. The maximum absolute atomic E-state index is 11.0. The van der Waals surface area contributed by atoms with Gasteiger partial charge in [-0.25, -0.2) is 0 Å². The molecule has 0 saturated carbocycles. The Bertz CT molecular complexity index is 1140. The summed E-state index contributed by atoms with van der Waals surface area (Å²) in [5, 5.41) is 31.0. The molecule has 0 aliphatic heterocycles. The SMILES string of the molecule is COCC#CCOc1ccc(-c2c(OC)cc(-c3ccc(O)cc3)c(OC)c2O)cc1O. The first-order valence-electron chi connectivity index (χ1n) is 9.68. The fourth-order valence-corrected chi connectivity index (χ4v) is 3.21. The predicted molar refractivity (Wildman–Crippen MR) is 121 cm³/mol. The van der Waals surface area contributed by atoms with Crippen LogP contribution < -0.4 is 14.2 Å². The van der Waals surface area contributed by atoms with Crippen LogP contribution in [0.2, 0.25) is 0 Å². The van der Waals surface area contributed by atoms with Crippen molar-refractivity contribution in [2.75, 3.05) is 34.5 Å². The number of phenols is 3. The molecule has 32 heavy (non-hydrogen) atoms. The number of ether oxygens (including phenoxy) is 4. The van der Waals surface area contributed by atoms with Gasteiger partial charge in [-0.05, 0) is 41.5 Å². The Labute approximate surface area is 186 Å². The lowest BCUT2D eigenvalue weighted by atomic mass is 9.96. The Kier molecular flexibility index (Phi) is 7.32. The molecule has 0 spiro atoms. The van der Waals surface area contributed by atoms with E-state index in [1.54, 1.807) is 49.6 Å². The summed E-state index contributed by atoms with van der Waals surface area (Å²) in [6.45, 7) is 0.398. The van der Waals surface area contributed by atoms with E-state index in [0.29, 0.717) is 29.0 Å². The number of hydrogen-bond acceptors (Lipinski definition) is 7. The van der Waals surface area contributed by atoms with Crippen LogP contribution in [-0.2, 0) is 4.74 Å². The Balaban J connectivity index is 2.01. The van der Waals surface area contributed by atoms with E-state index in [2.05, 4.69) is 11.8 Å². The van der Waals surface area contributed by atoms with Crippen molar-refractivity contribution >= 4 is 0 Å². The van der Waals surface area contributed by atoms with E-state index >= 15 is 0 Å². The topological polar surface area (TPSA) is 97.6 Å². The molecule has 0 aliphatic rings. The first-order valence-corrected chi connectivity index (χ1v) is 9.68. The van der Waals surface area contributed by atoms with E-state index in [9.17, 15) is 15.3 Å². The van der Waals surface area contributed by atoms with Crippen molar-refractivity contribution in [3.05, 3.63) is 48.5 Å². The number of rotatable bonds is 7. The number of methoxy groups -OCH3 is 3. The largest absolute Gasteiger partial charge is 0.508 e. The summed E-state index contributed by atoms with van der Waals surface area (Å²) in [5.74, 6) is 6.28. The smallest absolute Gasteiger partial charge is 0.170 e. The molecule has 0 aromatic heterocycles. The van der Waals surface area contributed by atoms with Gasteiger partial charge in [-0.15, -0.1) is 0 Å². The quantitative estimate of drug-likeness (QED) is 0.478. The third kappa shape index (κ3) is 4.82. The third-order valence-corrected chi connectivity index (χ3v) is 4.71. The highest BCUT2D eigenvalue weighted by Crippen LogP contribution is 2.50. The molecule has 3 aromatic carbocycles. The molecule has 0 aliphatic carbocycles. The van der Waals surface area contributed by atoms with E-state index in [-0.39, 0.29) is 35.4 Å². The van der Waals surface area contributed by atoms with Gasteiger partial charge in [0, 0.05) is 12.7 Å². The summed E-state index contributed by atoms with van der Waals surface area (Å²) >= 11 is 0. The average Bonchev–Trinajstić information content (AvgIpc) is 2.79. The van der Waals surface area contributed by atoms with E-state index in [1.165, 1.54) is 20.3 Å². The highest BCUT2D eigenvalue weighted by Gasteiger charge is 2.22. The number of aromatic hydroxyl groups is 3. The van der Waals surface area contributed by atoms with Gasteiger partial charge in [0.1, 0.15) is 24.7 Å². The molecule has 3 N–H and O–H groups in total. The minimum absolute atomic E-state index is 0.0972. The van der Waals surface area contributed by atoms with Crippen LogP contribution in [0.1, 0.15) is 0 Å². The molecule has 3 aromatic rings. The first kappa shape index (κ1) is 22.7. The van der Waals surface area contributed by atoms with Gasteiger partial charge in [-0.2, -0.15) is 0 Å². The van der Waals surface area contributed by atoms with Crippen LogP contribution in [0.3, 0.4) is 0 Å². The molecule has 0 amide bonds. The zero-order valence-electron chi connectivity index (χ0n) is 18.0. The van der Waals surface area contributed by atoms with E-state index < -0.39 is 0 Å². The molecule has 7 nitrogen and oxygen atoms in total. The van der Waals surface area contributed by atoms with Crippen molar-refractivity contribution in [1.29, 1.82) is 0 Å². The standard InChI is InChI=1S/C25H24O7/c1-29-12-4-5-13-32-21-11-8-17(14-20(21)27)23-22(30-2)15-19(25(31-3)24(23)28)16-6-9-18(26)10-7-16/h6-11,14-15,26-28H,12-13H2,1-3H3. The predicted octanol–water partition coefficient (Wildman–Crippen LogP) is 4.18. The lowest BCUT2D eigenvalue weighted by Crippen LogP contribution is -1.97. The van der Waals surface area contributed by atoms with Gasteiger partial charge in [0.2, 0.25) is 0 Å². The minimum atomic E-state index is -0.145. The molecule has 7 heteroatoms. The van der Waals surface area contributed by atoms with Crippen LogP contribution in [0.5, 0.6) is 34.5 Å². The second-order valence-electron chi connectivity index (χ2n) is 6.69. The summed E-state index contributed by atoms with van der Waals surface area (Å²) in [4.78, 5) is 0. The van der Waals surface area contributed by atoms with Crippen LogP contribution in [0, 0.1) is 11.8 Å². The normalized spacial score (nSPS) is 10.2. The van der Waals surface area contributed by atoms with E-state index in [1.807, 2.05) is 0 Å². The molecular weight excluding hydrogens is 412 g/mol. The Morgan fingerprint density at radius 3 is 2.06 bits per heavy atom. The summed E-state index contributed by atoms with van der Waals surface area (Å²) in [7, 11) is 4.49.